The molecule has 2 aromatic rings. The van der Waals surface area contributed by atoms with Crippen molar-refractivity contribution >= 4 is 12.1 Å². The number of halogens is 2. The molecule has 0 saturated heterocycles. The molecule has 0 spiro atoms. The van der Waals surface area contributed by atoms with E-state index in [1.807, 2.05) is 0 Å². The third-order valence-electron chi connectivity index (χ3n) is 4.58. The molecule has 0 saturated carbocycles. The molecule has 0 aliphatic carbocycles. The summed E-state index contributed by atoms with van der Waals surface area (Å²) in [4.78, 5) is 23.9. The molecule has 2 rings (SSSR count). The van der Waals surface area contributed by atoms with Gasteiger partial charge in [-0.15, -0.1) is 0 Å². The van der Waals surface area contributed by atoms with E-state index in [1.165, 1.54) is 7.11 Å². The number of aliphatic hydroxyl groups excluding tert-OH is 1. The van der Waals surface area contributed by atoms with Gasteiger partial charge in [0.1, 0.15) is 17.2 Å². The summed E-state index contributed by atoms with van der Waals surface area (Å²) in [6, 6.07) is 8.97. The maximum Gasteiger partial charge on any atom is 0.407 e. The lowest BCUT2D eigenvalue weighted by Crippen LogP contribution is -2.49. The Labute approximate surface area is 192 Å². The largest absolute Gasteiger partial charge is 0.465 e. The minimum atomic E-state index is -1.10. The summed E-state index contributed by atoms with van der Waals surface area (Å²) in [7, 11) is 1.30. The van der Waals surface area contributed by atoms with Crippen molar-refractivity contribution in [1.29, 1.82) is 0 Å². The van der Waals surface area contributed by atoms with Gasteiger partial charge in [0.15, 0.2) is 0 Å². The third-order valence-corrected chi connectivity index (χ3v) is 4.58. The van der Waals surface area contributed by atoms with Gasteiger partial charge in [0.25, 0.3) is 0 Å². The number of carbonyl (C=O) groups is 2. The summed E-state index contributed by atoms with van der Waals surface area (Å²) in [5.74, 6) is -1.96. The topological polar surface area (TPSA) is 96.9 Å². The average molecular weight is 465 g/mol. The second kappa shape index (κ2) is 11.7. The highest BCUT2D eigenvalue weighted by Crippen LogP contribution is 2.14. The van der Waals surface area contributed by atoms with Crippen LogP contribution < -0.4 is 10.6 Å². The van der Waals surface area contributed by atoms with Gasteiger partial charge in [-0.3, -0.25) is 0 Å². The van der Waals surface area contributed by atoms with Gasteiger partial charge in [-0.2, -0.15) is 0 Å². The van der Waals surface area contributed by atoms with Gasteiger partial charge in [0, 0.05) is 19.2 Å². The molecule has 1 unspecified atom stereocenters. The predicted molar refractivity (Wildman–Crippen MR) is 119 cm³/mol. The maximum absolute atomic E-state index is 13.6. The standard InChI is InChI=1S/C24H30F2N2O5/c1-24(2,3)33-23(31)28-20(11-16-9-18(25)12-19(26)10-16)21(29)14-27-13-15-6-5-7-17(8-15)22(30)32-4/h5-10,12,20-21,27,29H,11,13-14H2,1-4H3,(H,28,31)/t20-,21?/m0/s1. The summed E-state index contributed by atoms with van der Waals surface area (Å²) in [5, 5.41) is 16.4. The van der Waals surface area contributed by atoms with Crippen molar-refractivity contribution < 1.29 is 33.0 Å². The zero-order chi connectivity index (χ0) is 24.6. The Morgan fingerprint density at radius 2 is 1.73 bits per heavy atom. The van der Waals surface area contributed by atoms with Crippen LogP contribution in [0.25, 0.3) is 0 Å². The van der Waals surface area contributed by atoms with E-state index < -0.39 is 41.4 Å². The van der Waals surface area contributed by atoms with Crippen LogP contribution in [0, 0.1) is 11.6 Å². The van der Waals surface area contributed by atoms with E-state index in [9.17, 15) is 23.5 Å². The molecule has 2 atom stereocenters. The number of carbonyl (C=O) groups excluding carboxylic acids is 2. The number of ether oxygens (including phenoxy) is 2. The molecule has 33 heavy (non-hydrogen) atoms. The average Bonchev–Trinajstić information content (AvgIpc) is 2.70. The van der Waals surface area contributed by atoms with Crippen LogP contribution in [0.3, 0.4) is 0 Å². The Kier molecular flexibility index (Phi) is 9.31. The van der Waals surface area contributed by atoms with Gasteiger partial charge >= 0.3 is 12.1 Å². The normalized spacial score (nSPS) is 13.2. The quantitative estimate of drug-likeness (QED) is 0.493. The van der Waals surface area contributed by atoms with Gasteiger partial charge in [-0.05, 0) is 62.6 Å². The molecule has 0 bridgehead atoms. The maximum atomic E-state index is 13.6. The molecule has 9 heteroatoms. The molecule has 3 N–H and O–H groups in total. The van der Waals surface area contributed by atoms with E-state index in [0.717, 1.165) is 23.8 Å². The van der Waals surface area contributed by atoms with E-state index in [1.54, 1.807) is 45.0 Å². The van der Waals surface area contributed by atoms with Crippen molar-refractivity contribution in [2.45, 2.75) is 51.5 Å². The van der Waals surface area contributed by atoms with Gasteiger partial charge < -0.3 is 25.2 Å². The van der Waals surface area contributed by atoms with Gasteiger partial charge in [0.2, 0.25) is 0 Å². The van der Waals surface area contributed by atoms with Crippen molar-refractivity contribution in [1.82, 2.24) is 10.6 Å². The molecule has 180 valence electrons. The van der Waals surface area contributed by atoms with E-state index in [2.05, 4.69) is 10.6 Å². The number of hydrogen-bond donors (Lipinski definition) is 3. The monoisotopic (exact) mass is 464 g/mol. The Bertz CT molecular complexity index is 942. The third kappa shape index (κ3) is 9.15. The minimum Gasteiger partial charge on any atom is -0.465 e. The number of methoxy groups -OCH3 is 1. The molecule has 0 radical (unpaired) electrons. The van der Waals surface area contributed by atoms with Crippen molar-refractivity contribution in [2.24, 2.45) is 0 Å². The zero-order valence-corrected chi connectivity index (χ0v) is 19.2. The predicted octanol–water partition coefficient (Wildman–Crippen LogP) is 3.34. The molecule has 0 aliphatic heterocycles. The molecule has 0 heterocycles. The number of amides is 1. The highest BCUT2D eigenvalue weighted by atomic mass is 19.1. The van der Waals surface area contributed by atoms with Crippen LogP contribution in [-0.4, -0.2) is 48.6 Å². The van der Waals surface area contributed by atoms with Gasteiger partial charge in [-0.1, -0.05) is 12.1 Å². The minimum absolute atomic E-state index is 0.0193. The van der Waals surface area contributed by atoms with E-state index in [0.29, 0.717) is 12.1 Å². The van der Waals surface area contributed by atoms with Crippen LogP contribution in [0.4, 0.5) is 13.6 Å². The zero-order valence-electron chi connectivity index (χ0n) is 19.2. The number of alkyl carbamates (subject to hydrolysis) is 1. The molecule has 0 aromatic heterocycles. The second-order valence-electron chi connectivity index (χ2n) is 8.62. The highest BCUT2D eigenvalue weighted by molar-refractivity contribution is 5.89. The Morgan fingerprint density at radius 1 is 1.06 bits per heavy atom. The number of benzene rings is 2. The van der Waals surface area contributed by atoms with Gasteiger partial charge in [0.05, 0.1) is 24.8 Å². The summed E-state index contributed by atoms with van der Waals surface area (Å²) in [6.45, 7) is 5.48. The summed E-state index contributed by atoms with van der Waals surface area (Å²) in [6.07, 6.45) is -1.88. The van der Waals surface area contributed by atoms with Crippen LogP contribution in [0.1, 0.15) is 42.3 Å². The summed E-state index contributed by atoms with van der Waals surface area (Å²) < 4.78 is 37.2. The van der Waals surface area contributed by atoms with Crippen LogP contribution in [0.5, 0.6) is 0 Å². The first kappa shape index (κ1) is 26.2. The molecule has 0 aliphatic rings. The fourth-order valence-electron chi connectivity index (χ4n) is 3.16. The van der Waals surface area contributed by atoms with Gasteiger partial charge in [-0.25, -0.2) is 18.4 Å². The number of esters is 1. The molecular formula is C24H30F2N2O5. The molecule has 7 nitrogen and oxygen atoms in total. The number of aliphatic hydroxyl groups is 1. The number of nitrogens with one attached hydrogen (secondary N) is 2. The smallest absolute Gasteiger partial charge is 0.407 e. The SMILES string of the molecule is COC(=O)c1cccc(CNCC(O)[C@H](Cc2cc(F)cc(F)c2)NC(=O)OC(C)(C)C)c1. The van der Waals surface area contributed by atoms with E-state index in [4.69, 9.17) is 9.47 Å². The van der Waals surface area contributed by atoms with Crippen LogP contribution in [0.15, 0.2) is 42.5 Å². The Morgan fingerprint density at radius 3 is 2.33 bits per heavy atom. The van der Waals surface area contributed by atoms with Crippen LogP contribution in [0.2, 0.25) is 0 Å². The number of rotatable bonds is 9. The first-order valence-corrected chi connectivity index (χ1v) is 10.5. The lowest BCUT2D eigenvalue weighted by atomic mass is 10.0. The van der Waals surface area contributed by atoms with Crippen molar-refractivity contribution in [3.05, 3.63) is 70.8 Å². The Balaban J connectivity index is 2.06. The summed E-state index contributed by atoms with van der Waals surface area (Å²) >= 11 is 0. The Hall–Kier alpha value is -3.04. The summed E-state index contributed by atoms with van der Waals surface area (Å²) in [5.41, 5.74) is 0.704. The first-order chi connectivity index (χ1) is 15.5. The fourth-order valence-corrected chi connectivity index (χ4v) is 3.16. The lowest BCUT2D eigenvalue weighted by Gasteiger charge is -2.27. The second-order valence-corrected chi connectivity index (χ2v) is 8.62. The molecule has 2 aromatic carbocycles. The highest BCUT2D eigenvalue weighted by Gasteiger charge is 2.25. The van der Waals surface area contributed by atoms with E-state index in [-0.39, 0.29) is 18.5 Å². The molecule has 1 amide bonds. The van der Waals surface area contributed by atoms with Crippen LogP contribution in [-0.2, 0) is 22.4 Å². The van der Waals surface area contributed by atoms with Crippen molar-refractivity contribution in [2.75, 3.05) is 13.7 Å². The molecular weight excluding hydrogens is 434 g/mol. The van der Waals surface area contributed by atoms with Crippen molar-refractivity contribution in [3.8, 4) is 0 Å². The van der Waals surface area contributed by atoms with Crippen molar-refractivity contribution in [3.63, 3.8) is 0 Å². The fraction of sp³-hybridized carbons (Fsp3) is 0.417. The number of hydrogen-bond acceptors (Lipinski definition) is 6. The molecule has 0 fully saturated rings. The first-order valence-electron chi connectivity index (χ1n) is 10.5. The van der Waals surface area contributed by atoms with E-state index >= 15 is 0 Å². The lowest BCUT2D eigenvalue weighted by molar-refractivity contribution is 0.0422. The van der Waals surface area contributed by atoms with Crippen LogP contribution >= 0.6 is 0 Å².